The van der Waals surface area contributed by atoms with Crippen molar-refractivity contribution in [2.45, 2.75) is 19.4 Å². The van der Waals surface area contributed by atoms with Gasteiger partial charge in [-0.25, -0.2) is 0 Å². The summed E-state index contributed by atoms with van der Waals surface area (Å²) in [6.07, 6.45) is -0.177. The molecule has 1 N–H and O–H groups in total. The molecule has 0 aromatic heterocycles. The lowest BCUT2D eigenvalue weighted by Crippen LogP contribution is -2.05. The minimum atomic E-state index is -0.989. The van der Waals surface area contributed by atoms with Crippen molar-refractivity contribution in [1.82, 2.24) is 0 Å². The summed E-state index contributed by atoms with van der Waals surface area (Å²) in [5.41, 5.74) is 0. The maximum Gasteiger partial charge on any atom is 0.305 e. The highest BCUT2D eigenvalue weighted by Crippen LogP contribution is 1.93. The first-order chi connectivity index (χ1) is 3.66. The first-order valence-electron chi connectivity index (χ1n) is 2.21. The molecule has 4 nitrogen and oxygen atoms in total. The second-order valence-corrected chi connectivity index (χ2v) is 1.55. The van der Waals surface area contributed by atoms with Crippen LogP contribution in [0.2, 0.25) is 0 Å². The summed E-state index contributed by atoms with van der Waals surface area (Å²) in [7, 11) is 0. The van der Waals surface area contributed by atoms with Crippen molar-refractivity contribution in [3.05, 3.63) is 4.91 Å². The standard InChI is InChI=1S/C4H7NO3/c1-3(5-8)2-4(6)7/h3H,2H2,1H3,(H,6,7)/t3-/m0/s1. The number of hydrogen-bond donors (Lipinski definition) is 1. The van der Waals surface area contributed by atoms with E-state index >= 15 is 0 Å². The Balaban J connectivity index is 3.38. The van der Waals surface area contributed by atoms with E-state index in [1.807, 2.05) is 0 Å². The monoisotopic (exact) mass is 117 g/mol. The molecule has 46 valence electrons. The molecule has 0 spiro atoms. The van der Waals surface area contributed by atoms with Gasteiger partial charge in [-0.15, -0.1) is 0 Å². The number of aliphatic carboxylic acids is 1. The Morgan fingerprint density at radius 2 is 2.38 bits per heavy atom. The minimum Gasteiger partial charge on any atom is -0.481 e. The van der Waals surface area contributed by atoms with E-state index in [-0.39, 0.29) is 6.42 Å². The summed E-state index contributed by atoms with van der Waals surface area (Å²) in [6.45, 7) is 1.46. The lowest BCUT2D eigenvalue weighted by atomic mass is 10.3. The lowest BCUT2D eigenvalue weighted by Gasteiger charge is -1.92. The van der Waals surface area contributed by atoms with Crippen LogP contribution >= 0.6 is 0 Å². The molecule has 0 aliphatic rings. The molecule has 0 bridgehead atoms. The Morgan fingerprint density at radius 1 is 1.88 bits per heavy atom. The SMILES string of the molecule is C[C@@H](CC(=O)O)N=O. The topological polar surface area (TPSA) is 66.7 Å². The van der Waals surface area contributed by atoms with Crippen molar-refractivity contribution in [3.8, 4) is 0 Å². The molecule has 0 rings (SSSR count). The molecule has 1 atom stereocenters. The van der Waals surface area contributed by atoms with Crippen LogP contribution in [0.15, 0.2) is 5.18 Å². The maximum absolute atomic E-state index is 9.77. The zero-order valence-corrected chi connectivity index (χ0v) is 4.50. The van der Waals surface area contributed by atoms with E-state index in [0.717, 1.165) is 0 Å². The number of rotatable bonds is 3. The summed E-state index contributed by atoms with van der Waals surface area (Å²) < 4.78 is 0. The molecule has 0 aliphatic carbocycles. The Morgan fingerprint density at radius 3 is 2.50 bits per heavy atom. The first-order valence-corrected chi connectivity index (χ1v) is 2.21. The van der Waals surface area contributed by atoms with Gasteiger partial charge in [0.2, 0.25) is 0 Å². The molecule has 0 saturated heterocycles. The molecule has 0 amide bonds. The van der Waals surface area contributed by atoms with Crippen molar-refractivity contribution < 1.29 is 9.90 Å². The predicted molar refractivity (Wildman–Crippen MR) is 27.5 cm³/mol. The van der Waals surface area contributed by atoms with E-state index in [2.05, 4.69) is 5.18 Å². The van der Waals surface area contributed by atoms with Gasteiger partial charge in [0.1, 0.15) is 0 Å². The number of nitroso groups, excluding NO2 is 1. The second kappa shape index (κ2) is 3.12. The Kier molecular flexibility index (Phi) is 2.76. The second-order valence-electron chi connectivity index (χ2n) is 1.55. The number of carbonyl (C=O) groups is 1. The van der Waals surface area contributed by atoms with Crippen LogP contribution in [0.25, 0.3) is 0 Å². The van der Waals surface area contributed by atoms with E-state index in [0.29, 0.717) is 0 Å². The molecule has 0 radical (unpaired) electrons. The molecule has 0 saturated carbocycles. The summed E-state index contributed by atoms with van der Waals surface area (Å²) >= 11 is 0. The Labute approximate surface area is 46.5 Å². The summed E-state index contributed by atoms with van der Waals surface area (Å²) in [5.74, 6) is -0.989. The number of carboxylic acids is 1. The van der Waals surface area contributed by atoms with Crippen LogP contribution in [0.5, 0.6) is 0 Å². The van der Waals surface area contributed by atoms with Crippen molar-refractivity contribution in [1.29, 1.82) is 0 Å². The highest BCUT2D eigenvalue weighted by atomic mass is 16.4. The lowest BCUT2D eigenvalue weighted by molar-refractivity contribution is -0.137. The first kappa shape index (κ1) is 7.07. The van der Waals surface area contributed by atoms with E-state index in [1.54, 1.807) is 0 Å². The van der Waals surface area contributed by atoms with E-state index < -0.39 is 12.0 Å². The fraction of sp³-hybridized carbons (Fsp3) is 0.750. The van der Waals surface area contributed by atoms with Gasteiger partial charge in [-0.2, -0.15) is 4.91 Å². The average molecular weight is 117 g/mol. The fourth-order valence-corrected chi connectivity index (χ4v) is 0.290. The molecule has 0 aromatic rings. The summed E-state index contributed by atoms with van der Waals surface area (Å²) in [6, 6.07) is -0.604. The summed E-state index contributed by atoms with van der Waals surface area (Å²) in [4.78, 5) is 19.3. The highest BCUT2D eigenvalue weighted by Gasteiger charge is 2.04. The third-order valence-corrected chi connectivity index (χ3v) is 0.650. The van der Waals surface area contributed by atoms with E-state index in [1.165, 1.54) is 6.92 Å². The van der Waals surface area contributed by atoms with Gasteiger partial charge in [0.15, 0.2) is 0 Å². The average Bonchev–Trinajstić information content (AvgIpc) is 1.65. The van der Waals surface area contributed by atoms with Crippen LogP contribution in [0, 0.1) is 4.91 Å². The van der Waals surface area contributed by atoms with Crippen molar-refractivity contribution in [3.63, 3.8) is 0 Å². The van der Waals surface area contributed by atoms with Gasteiger partial charge in [0, 0.05) is 0 Å². The van der Waals surface area contributed by atoms with Crippen LogP contribution in [-0.4, -0.2) is 17.1 Å². The number of nitrogens with zero attached hydrogens (tertiary/aromatic N) is 1. The normalized spacial score (nSPS) is 12.6. The van der Waals surface area contributed by atoms with E-state index in [4.69, 9.17) is 5.11 Å². The Hall–Kier alpha value is -0.930. The zero-order valence-electron chi connectivity index (χ0n) is 4.50. The third-order valence-electron chi connectivity index (χ3n) is 0.650. The number of hydrogen-bond acceptors (Lipinski definition) is 3. The van der Waals surface area contributed by atoms with Crippen molar-refractivity contribution >= 4 is 5.97 Å². The quantitative estimate of drug-likeness (QED) is 0.551. The zero-order chi connectivity index (χ0) is 6.57. The van der Waals surface area contributed by atoms with Gasteiger partial charge in [-0.05, 0) is 6.92 Å². The molecule has 0 aromatic carbocycles. The van der Waals surface area contributed by atoms with E-state index in [9.17, 15) is 9.70 Å². The minimum absolute atomic E-state index is 0.177. The van der Waals surface area contributed by atoms with Crippen molar-refractivity contribution in [2.24, 2.45) is 5.18 Å². The van der Waals surface area contributed by atoms with Crippen LogP contribution in [0.3, 0.4) is 0 Å². The van der Waals surface area contributed by atoms with Crippen LogP contribution < -0.4 is 0 Å². The largest absolute Gasteiger partial charge is 0.481 e. The van der Waals surface area contributed by atoms with Gasteiger partial charge >= 0.3 is 5.97 Å². The van der Waals surface area contributed by atoms with Gasteiger partial charge in [0.25, 0.3) is 0 Å². The van der Waals surface area contributed by atoms with Gasteiger partial charge in [-0.3, -0.25) is 4.79 Å². The molecule has 0 aliphatic heterocycles. The Bertz CT molecular complexity index is 101. The van der Waals surface area contributed by atoms with Gasteiger partial charge in [0.05, 0.1) is 12.5 Å². The van der Waals surface area contributed by atoms with Crippen molar-refractivity contribution in [2.75, 3.05) is 0 Å². The molecule has 0 fully saturated rings. The van der Waals surface area contributed by atoms with Gasteiger partial charge < -0.3 is 5.11 Å². The fourth-order valence-electron chi connectivity index (χ4n) is 0.290. The third kappa shape index (κ3) is 3.27. The molecule has 0 unspecified atom stereocenters. The number of carboxylic acid groups (broad SMARTS) is 1. The molecule has 8 heavy (non-hydrogen) atoms. The molecule has 4 heteroatoms. The maximum atomic E-state index is 9.77. The van der Waals surface area contributed by atoms with Crippen LogP contribution in [0.1, 0.15) is 13.3 Å². The predicted octanol–water partition coefficient (Wildman–Crippen LogP) is 0.616. The van der Waals surface area contributed by atoms with Gasteiger partial charge in [-0.1, -0.05) is 5.18 Å². The van der Waals surface area contributed by atoms with Crippen LogP contribution in [0.4, 0.5) is 0 Å². The summed E-state index contributed by atoms with van der Waals surface area (Å²) in [5, 5.41) is 10.5. The molecular formula is C4H7NO3. The molecular weight excluding hydrogens is 110 g/mol. The smallest absolute Gasteiger partial charge is 0.305 e. The highest BCUT2D eigenvalue weighted by molar-refractivity contribution is 5.67. The molecule has 0 heterocycles. The van der Waals surface area contributed by atoms with Crippen LogP contribution in [-0.2, 0) is 4.79 Å².